The van der Waals surface area contributed by atoms with Gasteiger partial charge in [0, 0.05) is 23.2 Å². The molecule has 0 fully saturated rings. The molecule has 0 amide bonds. The van der Waals surface area contributed by atoms with Gasteiger partial charge >= 0.3 is 0 Å². The molecule has 0 radical (unpaired) electrons. The summed E-state index contributed by atoms with van der Waals surface area (Å²) in [5, 5.41) is 5.22. The Bertz CT molecular complexity index is 781. The minimum absolute atomic E-state index is 0.704. The van der Waals surface area contributed by atoms with Crippen molar-refractivity contribution in [1.82, 2.24) is 14.5 Å². The molecular formula is C15H19N4O2S-. The molecular weight excluding hydrogens is 300 g/mol. The van der Waals surface area contributed by atoms with E-state index in [2.05, 4.69) is 51.7 Å². The number of aryl methyl sites for hydroxylation is 1. The van der Waals surface area contributed by atoms with Crippen molar-refractivity contribution in [3.8, 4) is 0 Å². The van der Waals surface area contributed by atoms with Crippen LogP contribution in [0.3, 0.4) is 0 Å². The molecule has 3 rings (SSSR count). The van der Waals surface area contributed by atoms with E-state index in [0.717, 1.165) is 17.6 Å². The summed E-state index contributed by atoms with van der Waals surface area (Å²) in [6.45, 7) is 5.51. The fraction of sp³-hybridized carbons (Fsp3) is 0.333. The van der Waals surface area contributed by atoms with Crippen LogP contribution in [-0.4, -0.2) is 23.3 Å². The van der Waals surface area contributed by atoms with Crippen LogP contribution in [0.15, 0.2) is 36.8 Å². The molecule has 2 heterocycles. The number of aromatic nitrogens is 3. The van der Waals surface area contributed by atoms with Crippen LogP contribution in [0.1, 0.15) is 20.3 Å². The first kappa shape index (κ1) is 16.5. The van der Waals surface area contributed by atoms with E-state index in [-0.39, 0.29) is 0 Å². The molecule has 0 saturated heterocycles. The number of rotatable bonds is 3. The molecule has 22 heavy (non-hydrogen) atoms. The highest BCUT2D eigenvalue weighted by Crippen LogP contribution is 2.23. The average Bonchev–Trinajstić information content (AvgIpc) is 2.88. The molecule has 1 aromatic carbocycles. The van der Waals surface area contributed by atoms with E-state index in [1.54, 1.807) is 0 Å². The Hall–Kier alpha value is -1.83. The minimum atomic E-state index is -2.36. The lowest BCUT2D eigenvalue weighted by Crippen LogP contribution is -2.00. The number of nitrogens with two attached hydrogens (primary N) is 1. The van der Waals surface area contributed by atoms with Crippen molar-refractivity contribution in [2.24, 2.45) is 11.1 Å². The van der Waals surface area contributed by atoms with E-state index in [0.29, 0.717) is 5.92 Å². The summed E-state index contributed by atoms with van der Waals surface area (Å²) in [5.41, 5.74) is 3.23. The predicted octanol–water partition coefficient (Wildman–Crippen LogP) is 2.37. The Labute approximate surface area is 131 Å². The van der Waals surface area contributed by atoms with Crippen LogP contribution < -0.4 is 5.14 Å². The lowest BCUT2D eigenvalue weighted by Gasteiger charge is -2.08. The molecule has 2 aromatic heterocycles. The second kappa shape index (κ2) is 7.44. The maximum absolute atomic E-state index is 8.78. The third-order valence-electron chi connectivity index (χ3n) is 3.30. The maximum atomic E-state index is 8.78. The molecule has 6 nitrogen and oxygen atoms in total. The third-order valence-corrected chi connectivity index (χ3v) is 3.30. The zero-order chi connectivity index (χ0) is 16.1. The van der Waals surface area contributed by atoms with Gasteiger partial charge in [0.05, 0.1) is 23.6 Å². The van der Waals surface area contributed by atoms with Crippen molar-refractivity contribution >= 4 is 33.2 Å². The summed E-state index contributed by atoms with van der Waals surface area (Å²) in [6.07, 6.45) is 4.97. The van der Waals surface area contributed by atoms with E-state index < -0.39 is 11.3 Å². The van der Waals surface area contributed by atoms with E-state index >= 15 is 0 Å². The molecule has 118 valence electrons. The highest BCUT2D eigenvalue weighted by Gasteiger charge is 2.08. The van der Waals surface area contributed by atoms with Gasteiger partial charge in [0.2, 0.25) is 0 Å². The first-order valence-electron chi connectivity index (χ1n) is 7.01. The van der Waals surface area contributed by atoms with Crippen LogP contribution in [0.5, 0.6) is 0 Å². The standard InChI is InChI=1S/C15H17N3.H3NO2S/c1-11(2)7-8-18-10-17-14-9-16-13-6-4-3-5-12(13)15(14)18;1-4(2)3/h3-6,9-11H,7-8H2,1-2H3;1H2,(H,2,3)/p-1. The number of para-hydroxylation sites is 1. The van der Waals surface area contributed by atoms with Gasteiger partial charge in [0.1, 0.15) is 5.52 Å². The van der Waals surface area contributed by atoms with Crippen molar-refractivity contribution in [3.63, 3.8) is 0 Å². The molecule has 1 atom stereocenters. The van der Waals surface area contributed by atoms with Crippen LogP contribution in [0, 0.1) is 5.92 Å². The highest BCUT2D eigenvalue weighted by molar-refractivity contribution is 7.76. The molecule has 3 aromatic rings. The van der Waals surface area contributed by atoms with Crippen molar-refractivity contribution in [3.05, 3.63) is 36.8 Å². The normalized spacial score (nSPS) is 12.4. The molecule has 7 heteroatoms. The molecule has 0 spiro atoms. The number of imidazole rings is 1. The van der Waals surface area contributed by atoms with Crippen molar-refractivity contribution in [2.45, 2.75) is 26.8 Å². The lowest BCUT2D eigenvalue weighted by atomic mass is 10.1. The summed E-state index contributed by atoms with van der Waals surface area (Å²) in [5.74, 6) is 0.704. The maximum Gasteiger partial charge on any atom is 0.107 e. The molecule has 0 aliphatic rings. The molecule has 0 aliphatic carbocycles. The number of fused-ring (bicyclic) bond motifs is 3. The van der Waals surface area contributed by atoms with E-state index in [9.17, 15) is 0 Å². The monoisotopic (exact) mass is 319 g/mol. The fourth-order valence-electron chi connectivity index (χ4n) is 2.27. The number of hydrogen-bond acceptors (Lipinski definition) is 4. The summed E-state index contributed by atoms with van der Waals surface area (Å²) >= 11 is -2.36. The van der Waals surface area contributed by atoms with Crippen LogP contribution >= 0.6 is 0 Å². The predicted molar refractivity (Wildman–Crippen MR) is 87.6 cm³/mol. The SMILES string of the molecule is CC(C)CCn1cnc2cnc3ccccc3c21.NS(=O)[O-]. The Morgan fingerprint density at radius 2 is 1.95 bits per heavy atom. The Morgan fingerprint density at radius 1 is 1.27 bits per heavy atom. The minimum Gasteiger partial charge on any atom is -0.760 e. The third kappa shape index (κ3) is 4.09. The number of hydrogen-bond donors (Lipinski definition) is 1. The Kier molecular flexibility index (Phi) is 5.59. The van der Waals surface area contributed by atoms with Gasteiger partial charge in [0.25, 0.3) is 0 Å². The summed E-state index contributed by atoms with van der Waals surface area (Å²) in [6, 6.07) is 8.26. The highest BCUT2D eigenvalue weighted by atomic mass is 32.2. The number of benzene rings is 1. The quantitative estimate of drug-likeness (QED) is 0.749. The van der Waals surface area contributed by atoms with E-state index in [1.807, 2.05) is 18.6 Å². The van der Waals surface area contributed by atoms with E-state index in [4.69, 9.17) is 8.76 Å². The molecule has 2 N–H and O–H groups in total. The fourth-order valence-corrected chi connectivity index (χ4v) is 2.27. The summed E-state index contributed by atoms with van der Waals surface area (Å²) in [7, 11) is 0. The lowest BCUT2D eigenvalue weighted by molar-refractivity contribution is 0.523. The molecule has 0 bridgehead atoms. The second-order valence-electron chi connectivity index (χ2n) is 5.39. The second-order valence-corrected chi connectivity index (χ2v) is 5.91. The average molecular weight is 319 g/mol. The number of nitrogens with zero attached hydrogens (tertiary/aromatic N) is 3. The van der Waals surface area contributed by atoms with Gasteiger partial charge in [-0.3, -0.25) is 14.3 Å². The van der Waals surface area contributed by atoms with Gasteiger partial charge < -0.3 is 9.12 Å². The molecule has 0 aliphatic heterocycles. The van der Waals surface area contributed by atoms with E-state index in [1.165, 1.54) is 17.3 Å². The largest absolute Gasteiger partial charge is 0.760 e. The van der Waals surface area contributed by atoms with Crippen LogP contribution in [0.4, 0.5) is 0 Å². The molecule has 0 saturated carbocycles. The topological polar surface area (TPSA) is 96.9 Å². The van der Waals surface area contributed by atoms with Crippen LogP contribution in [0.2, 0.25) is 0 Å². The van der Waals surface area contributed by atoms with Crippen molar-refractivity contribution in [1.29, 1.82) is 0 Å². The van der Waals surface area contributed by atoms with Crippen molar-refractivity contribution < 1.29 is 8.76 Å². The smallest absolute Gasteiger partial charge is 0.107 e. The van der Waals surface area contributed by atoms with Gasteiger partial charge in [-0.15, -0.1) is 0 Å². The summed E-state index contributed by atoms with van der Waals surface area (Å²) < 4.78 is 19.8. The van der Waals surface area contributed by atoms with Gasteiger partial charge in [-0.25, -0.2) is 4.98 Å². The van der Waals surface area contributed by atoms with Crippen LogP contribution in [-0.2, 0) is 17.8 Å². The Balaban J connectivity index is 0.000000396. The van der Waals surface area contributed by atoms with Gasteiger partial charge in [-0.2, -0.15) is 0 Å². The van der Waals surface area contributed by atoms with Gasteiger partial charge in [0.15, 0.2) is 0 Å². The van der Waals surface area contributed by atoms with Gasteiger partial charge in [-0.05, 0) is 18.4 Å². The van der Waals surface area contributed by atoms with Crippen LogP contribution in [0.25, 0.3) is 21.9 Å². The molecule has 1 unspecified atom stereocenters. The van der Waals surface area contributed by atoms with Gasteiger partial charge in [-0.1, -0.05) is 32.0 Å². The Morgan fingerprint density at radius 3 is 2.64 bits per heavy atom. The first-order valence-corrected chi connectivity index (χ1v) is 8.15. The zero-order valence-corrected chi connectivity index (χ0v) is 13.4. The first-order chi connectivity index (χ1) is 10.5. The summed E-state index contributed by atoms with van der Waals surface area (Å²) in [4.78, 5) is 8.89. The number of pyridine rings is 1. The zero-order valence-electron chi connectivity index (χ0n) is 12.6. The van der Waals surface area contributed by atoms with Crippen molar-refractivity contribution in [2.75, 3.05) is 0 Å².